The van der Waals surface area contributed by atoms with E-state index in [4.69, 9.17) is 4.74 Å². The van der Waals surface area contributed by atoms with E-state index in [1.807, 2.05) is 14.1 Å². The first-order valence-electron chi connectivity index (χ1n) is 6.02. The van der Waals surface area contributed by atoms with Gasteiger partial charge in [-0.2, -0.15) is 0 Å². The first kappa shape index (κ1) is 13.6. The van der Waals surface area contributed by atoms with Crippen molar-refractivity contribution in [3.63, 3.8) is 0 Å². The molecule has 0 amide bonds. The molecule has 2 aromatic rings. The maximum atomic E-state index is 5.43. The molecule has 0 radical (unpaired) electrons. The number of anilines is 2. The van der Waals surface area contributed by atoms with Crippen molar-refractivity contribution < 1.29 is 4.74 Å². The lowest BCUT2D eigenvalue weighted by atomic mass is 10.2. The number of hydrogen-bond acceptors (Lipinski definition) is 6. The van der Waals surface area contributed by atoms with E-state index in [1.54, 1.807) is 24.8 Å². The van der Waals surface area contributed by atoms with Crippen molar-refractivity contribution in [2.24, 2.45) is 0 Å². The van der Waals surface area contributed by atoms with E-state index in [1.165, 1.54) is 4.88 Å². The van der Waals surface area contributed by atoms with E-state index >= 15 is 0 Å². The van der Waals surface area contributed by atoms with Crippen LogP contribution in [-0.4, -0.2) is 31.2 Å². The predicted molar refractivity (Wildman–Crippen MR) is 79.3 cm³/mol. The molecule has 2 heterocycles. The molecule has 1 atom stereocenters. The summed E-state index contributed by atoms with van der Waals surface area (Å²) in [6, 6.07) is 4.41. The molecule has 0 spiro atoms. The molecule has 2 rings (SSSR count). The van der Waals surface area contributed by atoms with Gasteiger partial charge in [-0.25, -0.2) is 9.97 Å². The van der Waals surface area contributed by atoms with Crippen LogP contribution in [0.2, 0.25) is 0 Å². The topological polar surface area (TPSA) is 50.3 Å². The minimum absolute atomic E-state index is 0.230. The normalized spacial score (nSPS) is 12.0. The third kappa shape index (κ3) is 2.63. The zero-order chi connectivity index (χ0) is 13.8. The van der Waals surface area contributed by atoms with Crippen LogP contribution in [0.4, 0.5) is 11.6 Å². The second kappa shape index (κ2) is 5.88. The second-order valence-corrected chi connectivity index (χ2v) is 5.11. The fraction of sp³-hybridized carbons (Fsp3) is 0.385. The molecule has 0 fully saturated rings. The number of rotatable bonds is 5. The van der Waals surface area contributed by atoms with Crippen LogP contribution >= 0.6 is 11.3 Å². The third-order valence-electron chi connectivity index (χ3n) is 3.10. The molecule has 6 heteroatoms. The molecule has 0 saturated carbocycles. The first-order chi connectivity index (χ1) is 9.19. The number of aromatic nitrogens is 2. The van der Waals surface area contributed by atoms with Gasteiger partial charge in [0.2, 0.25) is 5.75 Å². The Morgan fingerprint density at radius 2 is 2.21 bits per heavy atom. The minimum atomic E-state index is 0.230. The molecule has 0 aliphatic carbocycles. The van der Waals surface area contributed by atoms with Gasteiger partial charge in [0.1, 0.15) is 6.33 Å². The van der Waals surface area contributed by atoms with Gasteiger partial charge in [0.15, 0.2) is 11.6 Å². The lowest BCUT2D eigenvalue weighted by Gasteiger charge is -2.26. The smallest absolute Gasteiger partial charge is 0.204 e. The maximum Gasteiger partial charge on any atom is 0.204 e. The lowest BCUT2D eigenvalue weighted by molar-refractivity contribution is 0.412. The van der Waals surface area contributed by atoms with Crippen molar-refractivity contribution in [3.8, 4) is 5.75 Å². The SMILES string of the molecule is CNc1ncnc(N(C)C(C)c2cccs2)c1OC. The van der Waals surface area contributed by atoms with Crippen molar-refractivity contribution >= 4 is 23.0 Å². The molecule has 0 saturated heterocycles. The Labute approximate surface area is 117 Å². The predicted octanol–water partition coefficient (Wildman–Crippen LogP) is 2.79. The van der Waals surface area contributed by atoms with Gasteiger partial charge >= 0.3 is 0 Å². The number of thiophene rings is 1. The zero-order valence-electron chi connectivity index (χ0n) is 11.5. The standard InChI is InChI=1S/C13H18N4OS/c1-9(10-6-5-7-19-10)17(3)13-11(18-4)12(14-2)15-8-16-13/h5-9H,1-4H3,(H,14,15,16). The average Bonchev–Trinajstić information content (AvgIpc) is 2.98. The van der Waals surface area contributed by atoms with Crippen molar-refractivity contribution in [2.45, 2.75) is 13.0 Å². The van der Waals surface area contributed by atoms with Gasteiger partial charge in [0.05, 0.1) is 13.2 Å². The summed E-state index contributed by atoms with van der Waals surface area (Å²) < 4.78 is 5.43. The van der Waals surface area contributed by atoms with Crippen LogP contribution in [0.1, 0.15) is 17.8 Å². The molecule has 0 aliphatic rings. The Kier molecular flexibility index (Phi) is 4.21. The highest BCUT2D eigenvalue weighted by Crippen LogP contribution is 2.35. The summed E-state index contributed by atoms with van der Waals surface area (Å²) in [5, 5.41) is 5.09. The van der Waals surface area contributed by atoms with E-state index in [0.717, 1.165) is 5.82 Å². The number of ether oxygens (including phenoxy) is 1. The highest BCUT2D eigenvalue weighted by molar-refractivity contribution is 7.10. The average molecular weight is 278 g/mol. The minimum Gasteiger partial charge on any atom is -0.490 e. The van der Waals surface area contributed by atoms with Gasteiger partial charge in [-0.05, 0) is 18.4 Å². The van der Waals surface area contributed by atoms with Crippen molar-refractivity contribution in [1.82, 2.24) is 9.97 Å². The summed E-state index contributed by atoms with van der Waals surface area (Å²) in [5.74, 6) is 2.14. The van der Waals surface area contributed by atoms with E-state index < -0.39 is 0 Å². The Morgan fingerprint density at radius 1 is 1.42 bits per heavy atom. The zero-order valence-corrected chi connectivity index (χ0v) is 12.4. The molecule has 19 heavy (non-hydrogen) atoms. The molecule has 102 valence electrons. The molecule has 1 unspecified atom stereocenters. The highest BCUT2D eigenvalue weighted by Gasteiger charge is 2.20. The van der Waals surface area contributed by atoms with E-state index in [-0.39, 0.29) is 6.04 Å². The molecule has 1 N–H and O–H groups in total. The maximum absolute atomic E-state index is 5.43. The Bertz CT molecular complexity index is 529. The van der Waals surface area contributed by atoms with Crippen molar-refractivity contribution in [2.75, 3.05) is 31.4 Å². The van der Waals surface area contributed by atoms with E-state index in [2.05, 4.69) is 44.6 Å². The van der Waals surface area contributed by atoms with Crippen LogP contribution in [0.3, 0.4) is 0 Å². The fourth-order valence-electron chi connectivity index (χ4n) is 1.89. The largest absolute Gasteiger partial charge is 0.490 e. The third-order valence-corrected chi connectivity index (χ3v) is 4.14. The van der Waals surface area contributed by atoms with Crippen molar-refractivity contribution in [1.29, 1.82) is 0 Å². The first-order valence-corrected chi connectivity index (χ1v) is 6.90. The van der Waals surface area contributed by atoms with Gasteiger partial charge in [0.25, 0.3) is 0 Å². The fourth-order valence-corrected chi connectivity index (χ4v) is 2.71. The van der Waals surface area contributed by atoms with Crippen LogP contribution in [0.5, 0.6) is 5.75 Å². The monoisotopic (exact) mass is 278 g/mol. The number of hydrogen-bond donors (Lipinski definition) is 1. The Balaban J connectivity index is 2.35. The molecule has 0 bridgehead atoms. The van der Waals surface area contributed by atoms with Gasteiger partial charge in [-0.1, -0.05) is 6.07 Å². The lowest BCUT2D eigenvalue weighted by Crippen LogP contribution is -2.23. The van der Waals surface area contributed by atoms with Crippen LogP contribution in [-0.2, 0) is 0 Å². The summed E-state index contributed by atoms with van der Waals surface area (Å²) in [6.07, 6.45) is 1.54. The number of nitrogens with zero attached hydrogens (tertiary/aromatic N) is 3. The molecular weight excluding hydrogens is 260 g/mol. The molecule has 0 aromatic carbocycles. The summed E-state index contributed by atoms with van der Waals surface area (Å²) in [5.41, 5.74) is 0. The summed E-state index contributed by atoms with van der Waals surface area (Å²) in [4.78, 5) is 11.9. The van der Waals surface area contributed by atoms with Gasteiger partial charge < -0.3 is 15.0 Å². The van der Waals surface area contributed by atoms with Gasteiger partial charge in [0, 0.05) is 19.0 Å². The quantitative estimate of drug-likeness (QED) is 0.911. The van der Waals surface area contributed by atoms with Crippen LogP contribution in [0.15, 0.2) is 23.8 Å². The van der Waals surface area contributed by atoms with Crippen molar-refractivity contribution in [3.05, 3.63) is 28.7 Å². The summed E-state index contributed by atoms with van der Waals surface area (Å²) >= 11 is 1.74. The Morgan fingerprint density at radius 3 is 2.79 bits per heavy atom. The van der Waals surface area contributed by atoms with Crippen LogP contribution in [0.25, 0.3) is 0 Å². The molecular formula is C13H18N4OS. The molecule has 5 nitrogen and oxygen atoms in total. The molecule has 0 aliphatic heterocycles. The summed E-state index contributed by atoms with van der Waals surface area (Å²) in [6.45, 7) is 2.15. The van der Waals surface area contributed by atoms with E-state index in [0.29, 0.717) is 11.6 Å². The van der Waals surface area contributed by atoms with Gasteiger partial charge in [-0.3, -0.25) is 0 Å². The molecule has 2 aromatic heterocycles. The second-order valence-electron chi connectivity index (χ2n) is 4.13. The van der Waals surface area contributed by atoms with Gasteiger partial charge in [-0.15, -0.1) is 11.3 Å². The number of nitrogens with one attached hydrogen (secondary N) is 1. The van der Waals surface area contributed by atoms with E-state index in [9.17, 15) is 0 Å². The van der Waals surface area contributed by atoms with Crippen LogP contribution in [0, 0.1) is 0 Å². The number of methoxy groups -OCH3 is 1. The Hall–Kier alpha value is -1.82. The summed E-state index contributed by atoms with van der Waals surface area (Å²) in [7, 11) is 5.46. The highest BCUT2D eigenvalue weighted by atomic mass is 32.1. The van der Waals surface area contributed by atoms with Crippen LogP contribution < -0.4 is 15.0 Å².